The lowest BCUT2D eigenvalue weighted by molar-refractivity contribution is -0.146. The van der Waals surface area contributed by atoms with E-state index in [-0.39, 0.29) is 24.9 Å². The predicted molar refractivity (Wildman–Crippen MR) is 87.7 cm³/mol. The van der Waals surface area contributed by atoms with Gasteiger partial charge in [0.25, 0.3) is 5.78 Å². The van der Waals surface area contributed by atoms with Gasteiger partial charge in [0.1, 0.15) is 12.9 Å². The summed E-state index contributed by atoms with van der Waals surface area (Å²) in [6, 6.07) is -0.105. The molecule has 24 heavy (non-hydrogen) atoms. The van der Waals surface area contributed by atoms with Gasteiger partial charge in [-0.1, -0.05) is 6.92 Å². The van der Waals surface area contributed by atoms with Crippen LogP contribution in [0.3, 0.4) is 0 Å². The molecule has 0 saturated heterocycles. The van der Waals surface area contributed by atoms with Crippen LogP contribution >= 0.6 is 0 Å². The van der Waals surface area contributed by atoms with Gasteiger partial charge < -0.3 is 10.0 Å². The molecule has 2 heterocycles. The molecule has 0 spiro atoms. The zero-order chi connectivity index (χ0) is 17.9. The first-order chi connectivity index (χ1) is 11.3. The molecule has 0 aliphatic heterocycles. The highest BCUT2D eigenvalue weighted by Crippen LogP contribution is 2.16. The van der Waals surface area contributed by atoms with E-state index in [1.165, 1.54) is 11.2 Å². The van der Waals surface area contributed by atoms with Crippen LogP contribution in [0, 0.1) is 13.8 Å². The highest BCUT2D eigenvalue weighted by Gasteiger charge is 2.22. The predicted octanol–water partition coefficient (Wildman–Crippen LogP) is 1.39. The number of aromatic nitrogens is 4. The molecule has 0 aliphatic carbocycles. The van der Waals surface area contributed by atoms with E-state index >= 15 is 0 Å². The van der Waals surface area contributed by atoms with E-state index in [9.17, 15) is 9.59 Å². The van der Waals surface area contributed by atoms with E-state index in [0.717, 1.165) is 17.0 Å². The molecule has 1 atom stereocenters. The summed E-state index contributed by atoms with van der Waals surface area (Å²) in [6.45, 7) is 7.32. The molecule has 0 fully saturated rings. The highest BCUT2D eigenvalue weighted by atomic mass is 16.4. The molecule has 2 rings (SSSR count). The first-order valence-electron chi connectivity index (χ1n) is 8.02. The first-order valence-corrected chi connectivity index (χ1v) is 8.02. The Morgan fingerprint density at radius 3 is 2.71 bits per heavy atom. The van der Waals surface area contributed by atoms with Gasteiger partial charge in [-0.25, -0.2) is 9.50 Å². The van der Waals surface area contributed by atoms with Crippen LogP contribution in [0.4, 0.5) is 0 Å². The fraction of sp³-hybridized carbons (Fsp3) is 0.562. The van der Waals surface area contributed by atoms with Crippen molar-refractivity contribution in [3.63, 3.8) is 0 Å². The Morgan fingerprint density at radius 1 is 1.38 bits per heavy atom. The molecule has 0 aromatic carbocycles. The summed E-state index contributed by atoms with van der Waals surface area (Å²) in [5, 5.41) is 13.2. The molecule has 0 bridgehead atoms. The molecule has 0 aliphatic rings. The number of fused-ring (bicyclic) bond motifs is 1. The molecule has 2 aromatic rings. The van der Waals surface area contributed by atoms with Crippen LogP contribution in [0.15, 0.2) is 6.33 Å². The van der Waals surface area contributed by atoms with Crippen molar-refractivity contribution in [1.82, 2.24) is 24.5 Å². The van der Waals surface area contributed by atoms with Crippen molar-refractivity contribution in [2.24, 2.45) is 0 Å². The maximum absolute atomic E-state index is 12.5. The van der Waals surface area contributed by atoms with Crippen LogP contribution < -0.4 is 0 Å². The van der Waals surface area contributed by atoms with Crippen molar-refractivity contribution in [1.29, 1.82) is 0 Å². The molecule has 0 saturated carbocycles. The number of carboxylic acids is 1. The van der Waals surface area contributed by atoms with Gasteiger partial charge in [0.15, 0.2) is 0 Å². The molecule has 1 amide bonds. The van der Waals surface area contributed by atoms with Crippen molar-refractivity contribution in [2.75, 3.05) is 6.54 Å². The van der Waals surface area contributed by atoms with Gasteiger partial charge in [0.2, 0.25) is 5.91 Å². The van der Waals surface area contributed by atoms with Crippen molar-refractivity contribution in [3.8, 4) is 0 Å². The average molecular weight is 333 g/mol. The molecular weight excluding hydrogens is 310 g/mol. The molecule has 0 radical (unpaired) electrons. The summed E-state index contributed by atoms with van der Waals surface area (Å²) >= 11 is 0. The number of amides is 1. The number of carboxylic acid groups (broad SMARTS) is 1. The molecule has 130 valence electrons. The number of aliphatic carboxylic acids is 1. The minimum Gasteiger partial charge on any atom is -0.480 e. The van der Waals surface area contributed by atoms with Crippen LogP contribution in [-0.4, -0.2) is 54.1 Å². The van der Waals surface area contributed by atoms with E-state index in [4.69, 9.17) is 5.11 Å². The summed E-state index contributed by atoms with van der Waals surface area (Å²) in [7, 11) is 0. The minimum absolute atomic E-state index is 0.105. The fourth-order valence-electron chi connectivity index (χ4n) is 2.75. The van der Waals surface area contributed by atoms with Gasteiger partial charge in [0.05, 0.1) is 0 Å². The Balaban J connectivity index is 2.16. The van der Waals surface area contributed by atoms with Gasteiger partial charge in [0, 0.05) is 23.9 Å². The second kappa shape index (κ2) is 7.37. The largest absolute Gasteiger partial charge is 0.480 e. The van der Waals surface area contributed by atoms with Gasteiger partial charge >= 0.3 is 5.97 Å². The van der Waals surface area contributed by atoms with Gasteiger partial charge in [-0.05, 0) is 39.2 Å². The lowest BCUT2D eigenvalue weighted by atomic mass is 10.1. The second-order valence-corrected chi connectivity index (χ2v) is 5.91. The number of rotatable bonds is 7. The topological polar surface area (TPSA) is 101 Å². The third kappa shape index (κ3) is 3.69. The number of carbonyl (C=O) groups excluding carboxylic acids is 1. The van der Waals surface area contributed by atoms with Crippen molar-refractivity contribution >= 4 is 17.7 Å². The number of aryl methyl sites for hydroxylation is 2. The lowest BCUT2D eigenvalue weighted by Crippen LogP contribution is -2.42. The minimum atomic E-state index is -0.998. The molecule has 1 N–H and O–H groups in total. The molecule has 1 unspecified atom stereocenters. The quantitative estimate of drug-likeness (QED) is 0.821. The molecule has 8 heteroatoms. The van der Waals surface area contributed by atoms with E-state index in [2.05, 4.69) is 15.1 Å². The Kier molecular flexibility index (Phi) is 5.48. The number of nitrogens with zero attached hydrogens (tertiary/aromatic N) is 5. The third-order valence-electron chi connectivity index (χ3n) is 4.33. The highest BCUT2D eigenvalue weighted by molar-refractivity contribution is 5.81. The van der Waals surface area contributed by atoms with E-state index in [1.807, 2.05) is 27.7 Å². The van der Waals surface area contributed by atoms with E-state index in [0.29, 0.717) is 18.6 Å². The van der Waals surface area contributed by atoms with Crippen LogP contribution in [0.1, 0.15) is 43.6 Å². The van der Waals surface area contributed by atoms with Crippen molar-refractivity contribution in [3.05, 3.63) is 23.3 Å². The Bertz CT molecular complexity index is 755. The maximum Gasteiger partial charge on any atom is 0.323 e. The van der Waals surface area contributed by atoms with Crippen LogP contribution in [0.2, 0.25) is 0 Å². The second-order valence-electron chi connectivity index (χ2n) is 5.91. The van der Waals surface area contributed by atoms with Gasteiger partial charge in [-0.15, -0.1) is 0 Å². The zero-order valence-electron chi connectivity index (χ0n) is 14.5. The van der Waals surface area contributed by atoms with Crippen LogP contribution in [-0.2, 0) is 16.0 Å². The van der Waals surface area contributed by atoms with Crippen molar-refractivity contribution < 1.29 is 14.7 Å². The summed E-state index contributed by atoms with van der Waals surface area (Å²) in [4.78, 5) is 33.4. The van der Waals surface area contributed by atoms with Crippen LogP contribution in [0.25, 0.3) is 5.78 Å². The van der Waals surface area contributed by atoms with E-state index < -0.39 is 5.97 Å². The van der Waals surface area contributed by atoms with E-state index in [1.54, 1.807) is 4.52 Å². The summed E-state index contributed by atoms with van der Waals surface area (Å²) < 4.78 is 1.65. The SMILES string of the molecule is CCC(C)N(CC(=O)O)C(=O)CCc1c(C)nc2ncnn2c1C. The van der Waals surface area contributed by atoms with Gasteiger partial charge in [-0.3, -0.25) is 9.59 Å². The summed E-state index contributed by atoms with van der Waals surface area (Å²) in [6.07, 6.45) is 2.89. The first kappa shape index (κ1) is 17.8. The lowest BCUT2D eigenvalue weighted by Gasteiger charge is -2.27. The molecule has 2 aromatic heterocycles. The Labute approximate surface area is 140 Å². The molecular formula is C16H23N5O3. The summed E-state index contributed by atoms with van der Waals surface area (Å²) in [5.74, 6) is -0.627. The third-order valence-corrected chi connectivity index (χ3v) is 4.33. The summed E-state index contributed by atoms with van der Waals surface area (Å²) in [5.41, 5.74) is 2.66. The number of carbonyl (C=O) groups is 2. The standard InChI is InChI=1S/C16H23N5O3/c1-5-10(2)20(8-15(23)24)14(22)7-6-13-11(3)19-16-17-9-18-21(16)12(13)4/h9-10H,5-8H2,1-4H3,(H,23,24). The fourth-order valence-corrected chi connectivity index (χ4v) is 2.75. The Morgan fingerprint density at radius 2 is 2.08 bits per heavy atom. The maximum atomic E-state index is 12.5. The number of hydrogen-bond acceptors (Lipinski definition) is 5. The zero-order valence-corrected chi connectivity index (χ0v) is 14.5. The smallest absolute Gasteiger partial charge is 0.323 e. The van der Waals surface area contributed by atoms with Gasteiger partial charge in [-0.2, -0.15) is 10.1 Å². The normalized spacial score (nSPS) is 12.3. The molecule has 8 nitrogen and oxygen atoms in total. The Hall–Kier alpha value is -2.51. The monoisotopic (exact) mass is 333 g/mol. The van der Waals surface area contributed by atoms with Crippen LogP contribution in [0.5, 0.6) is 0 Å². The average Bonchev–Trinajstić information content (AvgIpc) is 2.99. The van der Waals surface area contributed by atoms with Crippen molar-refractivity contribution in [2.45, 2.75) is 53.0 Å². The number of hydrogen-bond donors (Lipinski definition) is 1.